The Morgan fingerprint density at radius 3 is 1.79 bits per heavy atom. The zero-order valence-electron chi connectivity index (χ0n) is 32.2. The van der Waals surface area contributed by atoms with Crippen molar-refractivity contribution in [3.05, 3.63) is 136 Å². The van der Waals surface area contributed by atoms with Crippen LogP contribution in [-0.4, -0.2) is 66.4 Å². The molecule has 0 aliphatic rings. The third kappa shape index (κ3) is 9.55. The second-order valence-electron chi connectivity index (χ2n) is 13.3. The maximum absolute atomic E-state index is 15.3. The summed E-state index contributed by atoms with van der Waals surface area (Å²) in [6.45, 7) is -0.366. The number of aryl methyl sites for hydroxylation is 2. The van der Waals surface area contributed by atoms with Crippen molar-refractivity contribution < 1.29 is 40.5 Å². The van der Waals surface area contributed by atoms with E-state index in [2.05, 4.69) is 20.5 Å². The highest BCUT2D eigenvalue weighted by Gasteiger charge is 2.43. The third-order valence-corrected chi connectivity index (χ3v) is 11.3. The molecule has 2 aromatic heterocycles. The molecule has 17 heteroatoms. The van der Waals surface area contributed by atoms with Crippen molar-refractivity contribution >= 4 is 15.8 Å². The van der Waals surface area contributed by atoms with E-state index in [1.54, 1.807) is 85.1 Å². The van der Waals surface area contributed by atoms with E-state index >= 15 is 21.6 Å². The molecule has 0 atom stereocenters. The van der Waals surface area contributed by atoms with Gasteiger partial charge in [-0.2, -0.15) is 17.5 Å². The SMILES string of the molecule is COCc1cc(CCc2ccc(C(F)(F)F)c(S(=O)(=O)N(Cc3ccc(OC)cc3)Cc3ccc(OC)cc3)c2-c2nnnn2Cc2ccc(OC)cc2)cnc1N. The summed E-state index contributed by atoms with van der Waals surface area (Å²) >= 11 is 0. The standard InChI is InChI=1S/C41H42F3N7O6S/c1-54-26-32-21-30(22-46-39(32)45)5-12-31-13-20-36(41(42,43)44)38(37(31)40-47-48-49-51(40)25-29-10-18-35(57-4)19-11-29)58(52,53)50(23-27-6-14-33(55-2)15-7-27)24-28-8-16-34(56-3)17-9-28/h6-11,13-22H,5,12,23-26H2,1-4H3,(H2,45,46). The molecule has 0 amide bonds. The molecule has 0 aliphatic heterocycles. The average molecular weight is 818 g/mol. The average Bonchev–Trinajstić information content (AvgIpc) is 3.68. The number of rotatable bonds is 17. The molecular formula is C41H42F3N7O6S. The molecule has 0 fully saturated rings. The fourth-order valence-electron chi connectivity index (χ4n) is 6.44. The maximum atomic E-state index is 15.3. The fourth-order valence-corrected chi connectivity index (χ4v) is 8.28. The molecule has 13 nitrogen and oxygen atoms in total. The highest BCUT2D eigenvalue weighted by Crippen LogP contribution is 2.43. The van der Waals surface area contributed by atoms with Gasteiger partial charge in [0.05, 0.1) is 40.0 Å². The van der Waals surface area contributed by atoms with Gasteiger partial charge in [0.1, 0.15) is 28.0 Å². The number of methoxy groups -OCH3 is 4. The normalized spacial score (nSPS) is 11.9. The quantitative estimate of drug-likeness (QED) is 0.104. The molecule has 304 valence electrons. The number of nitrogens with two attached hydrogens (primary N) is 1. The molecular weight excluding hydrogens is 776 g/mol. The van der Waals surface area contributed by atoms with Crippen molar-refractivity contribution in [3.63, 3.8) is 0 Å². The Bertz CT molecular complexity index is 2380. The number of nitrogen functional groups attached to an aromatic ring is 1. The zero-order chi connectivity index (χ0) is 41.5. The van der Waals surface area contributed by atoms with Crippen LogP contribution in [0.5, 0.6) is 17.2 Å². The summed E-state index contributed by atoms with van der Waals surface area (Å²) in [6, 6.07) is 24.1. The lowest BCUT2D eigenvalue weighted by Crippen LogP contribution is -2.33. The molecule has 0 aliphatic carbocycles. The summed E-state index contributed by atoms with van der Waals surface area (Å²) in [6.07, 6.45) is -3.20. The summed E-state index contributed by atoms with van der Waals surface area (Å²) in [5, 5.41) is 12.2. The second kappa shape index (κ2) is 18.0. The van der Waals surface area contributed by atoms with Crippen LogP contribution in [0.15, 0.2) is 102 Å². The summed E-state index contributed by atoms with van der Waals surface area (Å²) in [5.41, 5.74) is 7.71. The minimum atomic E-state index is -5.11. The number of tetrazole rings is 1. The lowest BCUT2D eigenvalue weighted by atomic mass is 9.96. The topological polar surface area (TPSA) is 157 Å². The minimum absolute atomic E-state index is 0.00513. The van der Waals surface area contributed by atoms with Gasteiger partial charge in [-0.25, -0.2) is 18.1 Å². The Kier molecular flexibility index (Phi) is 12.9. The minimum Gasteiger partial charge on any atom is -0.497 e. The van der Waals surface area contributed by atoms with Gasteiger partial charge in [0.15, 0.2) is 5.82 Å². The lowest BCUT2D eigenvalue weighted by Gasteiger charge is -2.27. The van der Waals surface area contributed by atoms with Crippen LogP contribution in [0.2, 0.25) is 0 Å². The molecule has 0 unspecified atom stereocenters. The molecule has 6 aromatic rings. The van der Waals surface area contributed by atoms with Crippen molar-refractivity contribution in [2.45, 2.75) is 50.2 Å². The van der Waals surface area contributed by atoms with Crippen molar-refractivity contribution in [3.8, 4) is 28.6 Å². The number of nitrogens with zero attached hydrogens (tertiary/aromatic N) is 6. The predicted molar refractivity (Wildman–Crippen MR) is 210 cm³/mol. The van der Waals surface area contributed by atoms with E-state index in [4.69, 9.17) is 24.7 Å². The highest BCUT2D eigenvalue weighted by molar-refractivity contribution is 7.89. The first kappa shape index (κ1) is 41.6. The third-order valence-electron chi connectivity index (χ3n) is 9.47. The zero-order valence-corrected chi connectivity index (χ0v) is 33.0. The molecule has 0 radical (unpaired) electrons. The van der Waals surface area contributed by atoms with Gasteiger partial charge in [0.2, 0.25) is 10.0 Å². The molecule has 0 saturated carbocycles. The number of halogens is 3. The summed E-state index contributed by atoms with van der Waals surface area (Å²) < 4.78 is 100. The van der Waals surface area contributed by atoms with Crippen molar-refractivity contribution in [1.82, 2.24) is 29.5 Å². The Morgan fingerprint density at radius 1 is 0.724 bits per heavy atom. The molecule has 0 bridgehead atoms. The van der Waals surface area contributed by atoms with Crippen molar-refractivity contribution in [2.24, 2.45) is 0 Å². The monoisotopic (exact) mass is 817 g/mol. The van der Waals surface area contributed by atoms with Crippen LogP contribution in [-0.2, 0) is 60.0 Å². The van der Waals surface area contributed by atoms with E-state index in [1.165, 1.54) is 39.2 Å². The number of hydrogen-bond acceptors (Lipinski definition) is 11. The van der Waals surface area contributed by atoms with Crippen LogP contribution in [0.1, 0.15) is 38.9 Å². The van der Waals surface area contributed by atoms with Crippen LogP contribution in [0.25, 0.3) is 11.4 Å². The van der Waals surface area contributed by atoms with E-state index in [0.29, 0.717) is 45.1 Å². The van der Waals surface area contributed by atoms with Crippen molar-refractivity contribution in [2.75, 3.05) is 34.2 Å². The number of sulfonamides is 1. The molecule has 0 saturated heterocycles. The number of pyridine rings is 1. The van der Waals surface area contributed by atoms with Gasteiger partial charge in [-0.05, 0) is 99.6 Å². The first-order chi connectivity index (χ1) is 27.8. The van der Waals surface area contributed by atoms with Crippen LogP contribution in [0.4, 0.5) is 19.0 Å². The van der Waals surface area contributed by atoms with Gasteiger partial charge in [-0.15, -0.1) is 5.10 Å². The molecule has 4 aromatic carbocycles. The van der Waals surface area contributed by atoms with Gasteiger partial charge in [-0.3, -0.25) is 0 Å². The summed E-state index contributed by atoms with van der Waals surface area (Å²) in [4.78, 5) is 3.30. The second-order valence-corrected chi connectivity index (χ2v) is 15.1. The first-order valence-electron chi connectivity index (χ1n) is 17.9. The van der Waals surface area contributed by atoms with E-state index in [0.717, 1.165) is 10.4 Å². The van der Waals surface area contributed by atoms with Gasteiger partial charge < -0.3 is 24.7 Å². The Balaban J connectivity index is 1.56. The largest absolute Gasteiger partial charge is 0.497 e. The Morgan fingerprint density at radius 2 is 1.28 bits per heavy atom. The number of ether oxygens (including phenoxy) is 4. The fraction of sp³-hybridized carbons (Fsp3) is 0.268. The summed E-state index contributed by atoms with van der Waals surface area (Å²) in [5.74, 6) is 1.75. The molecule has 0 spiro atoms. The van der Waals surface area contributed by atoms with Crippen LogP contribution >= 0.6 is 0 Å². The van der Waals surface area contributed by atoms with E-state index in [9.17, 15) is 0 Å². The van der Waals surface area contributed by atoms with Crippen molar-refractivity contribution in [1.29, 1.82) is 0 Å². The molecule has 2 heterocycles. The Hall–Kier alpha value is -6.04. The smallest absolute Gasteiger partial charge is 0.417 e. The van der Waals surface area contributed by atoms with Crippen LogP contribution in [0, 0.1) is 0 Å². The number of benzene rings is 4. The van der Waals surface area contributed by atoms with Gasteiger partial charge in [0, 0.05) is 37.5 Å². The first-order valence-corrected chi connectivity index (χ1v) is 19.4. The number of anilines is 1. The number of hydrogen-bond donors (Lipinski definition) is 1. The van der Waals surface area contributed by atoms with Crippen LogP contribution in [0.3, 0.4) is 0 Å². The van der Waals surface area contributed by atoms with Crippen LogP contribution < -0.4 is 19.9 Å². The van der Waals surface area contributed by atoms with E-state index < -0.39 is 26.7 Å². The number of aromatic nitrogens is 5. The Labute approximate surface area is 334 Å². The van der Waals surface area contributed by atoms with Gasteiger partial charge in [-0.1, -0.05) is 42.5 Å². The van der Waals surface area contributed by atoms with E-state index in [-0.39, 0.29) is 61.9 Å². The summed E-state index contributed by atoms with van der Waals surface area (Å²) in [7, 11) is 0.987. The lowest BCUT2D eigenvalue weighted by molar-refractivity contribution is -0.139. The molecule has 58 heavy (non-hydrogen) atoms. The van der Waals surface area contributed by atoms with Gasteiger partial charge in [0.25, 0.3) is 0 Å². The number of alkyl halides is 3. The van der Waals surface area contributed by atoms with Gasteiger partial charge >= 0.3 is 6.18 Å². The van der Waals surface area contributed by atoms with E-state index in [1.807, 2.05) is 0 Å². The predicted octanol–water partition coefficient (Wildman–Crippen LogP) is 6.73. The molecule has 6 rings (SSSR count). The maximum Gasteiger partial charge on any atom is 0.417 e. The molecule has 2 N–H and O–H groups in total. The highest BCUT2D eigenvalue weighted by atomic mass is 32.2.